The van der Waals surface area contributed by atoms with Crippen molar-refractivity contribution in [3.63, 3.8) is 0 Å². The number of nitrogens with two attached hydrogens (primary N) is 1. The maximum atomic E-state index is 12.0. The van der Waals surface area contributed by atoms with Crippen molar-refractivity contribution < 1.29 is 14.7 Å². The number of benzene rings is 1. The Kier molecular flexibility index (Phi) is 4.67. The van der Waals surface area contributed by atoms with Gasteiger partial charge in [-0.1, -0.05) is 17.3 Å². The number of methoxy groups -OCH3 is 1. The summed E-state index contributed by atoms with van der Waals surface area (Å²) in [6, 6.07) is 6.90. The quantitative estimate of drug-likeness (QED) is 0.358. The summed E-state index contributed by atoms with van der Waals surface area (Å²) in [6.07, 6.45) is -0.560. The van der Waals surface area contributed by atoms with E-state index < -0.39 is 6.10 Å². The molecule has 0 aliphatic carbocycles. The van der Waals surface area contributed by atoms with Crippen LogP contribution in [0.25, 0.3) is 0 Å². The van der Waals surface area contributed by atoms with E-state index in [0.29, 0.717) is 11.3 Å². The van der Waals surface area contributed by atoms with E-state index in [1.165, 1.54) is 12.0 Å². The van der Waals surface area contributed by atoms with Gasteiger partial charge in [0.25, 0.3) is 5.91 Å². The van der Waals surface area contributed by atoms with Crippen LogP contribution in [0, 0.1) is 0 Å². The SMILES string of the molecule is COC(C)C(=O)N(C)c1ccccc1/C(N)=N/O. The maximum Gasteiger partial charge on any atom is 0.255 e. The average Bonchev–Trinajstić information content (AvgIpc) is 2.43. The van der Waals surface area contributed by atoms with Crippen LogP contribution in [0.2, 0.25) is 0 Å². The van der Waals surface area contributed by atoms with Gasteiger partial charge in [-0.05, 0) is 19.1 Å². The highest BCUT2D eigenvalue weighted by molar-refractivity contribution is 6.06. The Bertz CT molecular complexity index is 460. The lowest BCUT2D eigenvalue weighted by Gasteiger charge is -2.22. The topological polar surface area (TPSA) is 88.2 Å². The summed E-state index contributed by atoms with van der Waals surface area (Å²) in [5.74, 6) is -0.258. The van der Waals surface area contributed by atoms with Crippen LogP contribution in [0.5, 0.6) is 0 Å². The summed E-state index contributed by atoms with van der Waals surface area (Å²) in [4.78, 5) is 13.4. The van der Waals surface area contributed by atoms with Crippen molar-refractivity contribution >= 4 is 17.4 Å². The number of ether oxygens (including phenoxy) is 1. The van der Waals surface area contributed by atoms with E-state index in [-0.39, 0.29) is 11.7 Å². The highest BCUT2D eigenvalue weighted by Gasteiger charge is 2.21. The van der Waals surface area contributed by atoms with Crippen molar-refractivity contribution in [3.05, 3.63) is 29.8 Å². The van der Waals surface area contributed by atoms with Gasteiger partial charge >= 0.3 is 0 Å². The Morgan fingerprint density at radius 1 is 1.50 bits per heavy atom. The van der Waals surface area contributed by atoms with Gasteiger partial charge in [-0.25, -0.2) is 0 Å². The van der Waals surface area contributed by atoms with Gasteiger partial charge in [-0.2, -0.15) is 0 Å². The van der Waals surface area contributed by atoms with Gasteiger partial charge < -0.3 is 20.6 Å². The number of oxime groups is 1. The summed E-state index contributed by atoms with van der Waals surface area (Å²) in [5, 5.41) is 11.7. The molecule has 18 heavy (non-hydrogen) atoms. The lowest BCUT2D eigenvalue weighted by Crippen LogP contribution is -2.37. The average molecular weight is 251 g/mol. The van der Waals surface area contributed by atoms with Crippen LogP contribution in [0.15, 0.2) is 29.4 Å². The Morgan fingerprint density at radius 3 is 2.67 bits per heavy atom. The molecule has 98 valence electrons. The molecule has 0 saturated heterocycles. The van der Waals surface area contributed by atoms with E-state index in [0.717, 1.165) is 0 Å². The molecule has 0 bridgehead atoms. The summed E-state index contributed by atoms with van der Waals surface area (Å²) in [6.45, 7) is 1.66. The number of hydrogen-bond acceptors (Lipinski definition) is 4. The van der Waals surface area contributed by atoms with Crippen LogP contribution in [-0.2, 0) is 9.53 Å². The first kappa shape index (κ1) is 14.0. The predicted molar refractivity (Wildman–Crippen MR) is 68.8 cm³/mol. The van der Waals surface area contributed by atoms with E-state index >= 15 is 0 Å². The number of carbonyl (C=O) groups is 1. The maximum absolute atomic E-state index is 12.0. The summed E-state index contributed by atoms with van der Waals surface area (Å²) < 4.78 is 4.98. The Morgan fingerprint density at radius 2 is 2.11 bits per heavy atom. The van der Waals surface area contributed by atoms with Crippen LogP contribution in [0.4, 0.5) is 5.69 Å². The first-order valence-electron chi connectivity index (χ1n) is 5.40. The molecule has 0 fully saturated rings. The molecule has 3 N–H and O–H groups in total. The third kappa shape index (κ3) is 2.78. The lowest BCUT2D eigenvalue weighted by atomic mass is 10.1. The van der Waals surface area contributed by atoms with Gasteiger partial charge in [0, 0.05) is 19.7 Å². The molecule has 1 atom stereocenters. The second-order valence-corrected chi connectivity index (χ2v) is 3.78. The summed E-state index contributed by atoms with van der Waals surface area (Å²) >= 11 is 0. The Labute approximate surface area is 106 Å². The van der Waals surface area contributed by atoms with Gasteiger partial charge in [-0.3, -0.25) is 4.79 Å². The number of carbonyl (C=O) groups excluding carboxylic acids is 1. The zero-order chi connectivity index (χ0) is 13.7. The minimum absolute atomic E-state index is 0.0460. The minimum atomic E-state index is -0.560. The molecular weight excluding hydrogens is 234 g/mol. The van der Waals surface area contributed by atoms with Crippen LogP contribution in [0.1, 0.15) is 12.5 Å². The van der Waals surface area contributed by atoms with Gasteiger partial charge in [0.1, 0.15) is 6.10 Å². The number of nitrogens with zero attached hydrogens (tertiary/aromatic N) is 2. The first-order valence-corrected chi connectivity index (χ1v) is 5.40. The molecule has 0 saturated carbocycles. The molecule has 0 aromatic heterocycles. The fourth-order valence-electron chi connectivity index (χ4n) is 1.53. The Hall–Kier alpha value is -2.08. The normalized spacial score (nSPS) is 13.2. The van der Waals surface area contributed by atoms with Crippen LogP contribution < -0.4 is 10.6 Å². The molecule has 1 unspecified atom stereocenters. The van der Waals surface area contributed by atoms with Crippen molar-refractivity contribution in [2.45, 2.75) is 13.0 Å². The van der Waals surface area contributed by atoms with Gasteiger partial charge in [0.2, 0.25) is 0 Å². The number of para-hydroxylation sites is 1. The number of amides is 1. The predicted octanol–water partition coefficient (Wildman–Crippen LogP) is 0.779. The van der Waals surface area contributed by atoms with E-state index in [1.54, 1.807) is 38.2 Å². The molecule has 0 aliphatic rings. The fraction of sp³-hybridized carbons (Fsp3) is 0.333. The monoisotopic (exact) mass is 251 g/mol. The van der Waals surface area contributed by atoms with Gasteiger partial charge in [0.05, 0.1) is 5.69 Å². The molecule has 1 rings (SSSR count). The summed E-state index contributed by atoms with van der Waals surface area (Å²) in [5.41, 5.74) is 6.61. The fourth-order valence-corrected chi connectivity index (χ4v) is 1.53. The molecule has 1 aromatic rings. The van der Waals surface area contributed by atoms with Crippen LogP contribution in [-0.4, -0.2) is 37.2 Å². The van der Waals surface area contributed by atoms with Crippen molar-refractivity contribution in [2.75, 3.05) is 19.1 Å². The molecule has 0 radical (unpaired) electrons. The van der Waals surface area contributed by atoms with Crippen molar-refractivity contribution in [2.24, 2.45) is 10.9 Å². The largest absolute Gasteiger partial charge is 0.409 e. The molecule has 0 aliphatic heterocycles. The number of likely N-dealkylation sites (N-methyl/N-ethyl adjacent to an activating group) is 1. The first-order chi connectivity index (χ1) is 8.52. The molecule has 6 heteroatoms. The van der Waals surface area contributed by atoms with E-state index in [2.05, 4.69) is 5.16 Å². The molecule has 1 amide bonds. The van der Waals surface area contributed by atoms with Crippen LogP contribution >= 0.6 is 0 Å². The number of hydrogen-bond donors (Lipinski definition) is 2. The highest BCUT2D eigenvalue weighted by Crippen LogP contribution is 2.20. The number of anilines is 1. The molecule has 6 nitrogen and oxygen atoms in total. The molecule has 0 spiro atoms. The lowest BCUT2D eigenvalue weighted by molar-refractivity contribution is -0.127. The highest BCUT2D eigenvalue weighted by atomic mass is 16.5. The smallest absolute Gasteiger partial charge is 0.255 e. The van der Waals surface area contributed by atoms with Gasteiger partial charge in [-0.15, -0.1) is 0 Å². The molecule has 1 aromatic carbocycles. The van der Waals surface area contributed by atoms with Crippen molar-refractivity contribution in [1.29, 1.82) is 0 Å². The molecule has 0 heterocycles. The van der Waals surface area contributed by atoms with Gasteiger partial charge in [0.15, 0.2) is 5.84 Å². The zero-order valence-electron chi connectivity index (χ0n) is 10.6. The Balaban J connectivity index is 3.13. The molecular formula is C12H17N3O3. The third-order valence-corrected chi connectivity index (χ3v) is 2.68. The van der Waals surface area contributed by atoms with Crippen molar-refractivity contribution in [3.8, 4) is 0 Å². The summed E-state index contributed by atoms with van der Waals surface area (Å²) in [7, 11) is 3.08. The van der Waals surface area contributed by atoms with E-state index in [9.17, 15) is 4.79 Å². The number of rotatable bonds is 4. The second kappa shape index (κ2) is 6.02. The number of amidine groups is 1. The standard InChI is InChI=1S/C12H17N3O3/c1-8(18-3)12(16)15(2)10-7-5-4-6-9(10)11(13)14-17/h4-8,17H,1-3H3,(H2,13,14). The van der Waals surface area contributed by atoms with E-state index in [1.807, 2.05) is 0 Å². The van der Waals surface area contributed by atoms with E-state index in [4.69, 9.17) is 15.7 Å². The second-order valence-electron chi connectivity index (χ2n) is 3.78. The van der Waals surface area contributed by atoms with Crippen LogP contribution in [0.3, 0.4) is 0 Å². The minimum Gasteiger partial charge on any atom is -0.409 e. The van der Waals surface area contributed by atoms with Crippen molar-refractivity contribution in [1.82, 2.24) is 0 Å². The third-order valence-electron chi connectivity index (χ3n) is 2.68. The zero-order valence-corrected chi connectivity index (χ0v) is 10.6.